The van der Waals surface area contributed by atoms with E-state index in [0.29, 0.717) is 21.5 Å². The summed E-state index contributed by atoms with van der Waals surface area (Å²) in [5.41, 5.74) is 3.43. The summed E-state index contributed by atoms with van der Waals surface area (Å²) in [5, 5.41) is 13.2. The predicted octanol–water partition coefficient (Wildman–Crippen LogP) is 6.54. The van der Waals surface area contributed by atoms with Crippen LogP contribution in [0.2, 0.25) is 0 Å². The zero-order chi connectivity index (χ0) is 25.8. The number of thiophene rings is 1. The maximum Gasteiger partial charge on any atom is 0.341 e. The van der Waals surface area contributed by atoms with Crippen LogP contribution in [0.15, 0.2) is 64.2 Å². The molecular formula is C27H25BrN4O3S2. The Morgan fingerprint density at radius 2 is 1.92 bits per heavy atom. The third kappa shape index (κ3) is 5.66. The van der Waals surface area contributed by atoms with Gasteiger partial charge in [0.05, 0.1) is 12.7 Å². The van der Waals surface area contributed by atoms with Crippen LogP contribution < -0.4 is 5.32 Å². The van der Waals surface area contributed by atoms with Gasteiger partial charge in [0.2, 0.25) is 5.91 Å². The van der Waals surface area contributed by atoms with Crippen LogP contribution in [0.1, 0.15) is 40.1 Å². The van der Waals surface area contributed by atoms with E-state index in [1.165, 1.54) is 35.1 Å². The molecule has 0 fully saturated rings. The maximum atomic E-state index is 12.9. The van der Waals surface area contributed by atoms with Crippen LogP contribution in [0, 0.1) is 0 Å². The second-order valence-corrected chi connectivity index (χ2v) is 11.6. The fourth-order valence-electron chi connectivity index (χ4n) is 4.38. The summed E-state index contributed by atoms with van der Waals surface area (Å²) in [5.74, 6) is 0.703. The number of carbonyl (C=O) groups is 2. The van der Waals surface area contributed by atoms with Crippen molar-refractivity contribution >= 4 is 55.9 Å². The van der Waals surface area contributed by atoms with Gasteiger partial charge in [-0.05, 0) is 55.5 Å². The number of ether oxygens (including phenoxy) is 1. The Morgan fingerprint density at radius 1 is 1.11 bits per heavy atom. The number of hydrogen-bond acceptors (Lipinski definition) is 7. The zero-order valence-corrected chi connectivity index (χ0v) is 23.4. The van der Waals surface area contributed by atoms with Gasteiger partial charge in [-0.25, -0.2) is 4.79 Å². The molecule has 7 nitrogen and oxygen atoms in total. The molecule has 0 saturated heterocycles. The fourth-order valence-corrected chi connectivity index (χ4v) is 6.97. The molecule has 4 aromatic rings. The number of amides is 1. The van der Waals surface area contributed by atoms with Crippen molar-refractivity contribution in [1.29, 1.82) is 0 Å². The third-order valence-corrected chi connectivity index (χ3v) is 8.74. The number of thioether (sulfide) groups is 1. The lowest BCUT2D eigenvalue weighted by Gasteiger charge is -2.12. The number of para-hydroxylation sites is 1. The van der Waals surface area contributed by atoms with Crippen LogP contribution in [0.4, 0.5) is 5.00 Å². The van der Waals surface area contributed by atoms with Crippen molar-refractivity contribution in [1.82, 2.24) is 14.8 Å². The Bertz CT molecular complexity index is 1430. The van der Waals surface area contributed by atoms with Crippen molar-refractivity contribution in [2.45, 2.75) is 37.3 Å². The van der Waals surface area contributed by atoms with Crippen molar-refractivity contribution in [2.24, 2.45) is 0 Å². The molecule has 190 valence electrons. The molecule has 1 N–H and O–H groups in total. The number of carbonyl (C=O) groups excluding carboxylic acids is 2. The molecule has 1 amide bonds. The number of fused-ring (bicyclic) bond motifs is 1. The van der Waals surface area contributed by atoms with Gasteiger partial charge in [0.25, 0.3) is 0 Å². The molecule has 0 atom stereocenters. The van der Waals surface area contributed by atoms with E-state index < -0.39 is 0 Å². The summed E-state index contributed by atoms with van der Waals surface area (Å²) in [6, 6.07) is 17.9. The van der Waals surface area contributed by atoms with Crippen molar-refractivity contribution < 1.29 is 14.3 Å². The van der Waals surface area contributed by atoms with E-state index in [9.17, 15) is 9.59 Å². The lowest BCUT2D eigenvalue weighted by atomic mass is 9.95. The third-order valence-electron chi connectivity index (χ3n) is 6.10. The van der Waals surface area contributed by atoms with Crippen LogP contribution in [0.3, 0.4) is 0 Å². The second-order valence-electron chi connectivity index (χ2n) is 8.54. The monoisotopic (exact) mass is 596 g/mol. The zero-order valence-electron chi connectivity index (χ0n) is 20.2. The molecule has 1 aliphatic carbocycles. The number of esters is 1. The minimum absolute atomic E-state index is 0.144. The van der Waals surface area contributed by atoms with Crippen LogP contribution in [0.5, 0.6) is 0 Å². The van der Waals surface area contributed by atoms with Gasteiger partial charge in [0.1, 0.15) is 5.00 Å². The number of hydrogen-bond donors (Lipinski definition) is 1. The van der Waals surface area contributed by atoms with Gasteiger partial charge in [0, 0.05) is 32.8 Å². The van der Waals surface area contributed by atoms with E-state index in [2.05, 4.69) is 31.4 Å². The van der Waals surface area contributed by atoms with Crippen LogP contribution >= 0.6 is 39.0 Å². The molecule has 0 aliphatic heterocycles. The molecular weight excluding hydrogens is 572 g/mol. The van der Waals surface area contributed by atoms with E-state index in [1.807, 2.05) is 59.2 Å². The molecule has 5 rings (SSSR count). The SMILES string of the molecule is COC(=O)c1c(NC(=O)CCSc2nnc(-c3cccc(Br)c3)n2-c2ccccc2)sc2c1CCCC2. The van der Waals surface area contributed by atoms with Gasteiger partial charge in [-0.3, -0.25) is 9.36 Å². The van der Waals surface area contributed by atoms with E-state index in [0.717, 1.165) is 52.8 Å². The van der Waals surface area contributed by atoms with Gasteiger partial charge in [-0.2, -0.15) is 0 Å². The number of halogens is 1. The highest BCUT2D eigenvalue weighted by Gasteiger charge is 2.27. The van der Waals surface area contributed by atoms with Crippen LogP contribution in [0.25, 0.3) is 17.1 Å². The van der Waals surface area contributed by atoms with Gasteiger partial charge in [-0.15, -0.1) is 21.5 Å². The molecule has 0 unspecified atom stereocenters. The first-order chi connectivity index (χ1) is 18.0. The number of nitrogens with zero attached hydrogens (tertiary/aromatic N) is 3. The number of rotatable bonds is 8. The number of aryl methyl sites for hydroxylation is 1. The van der Waals surface area contributed by atoms with Crippen molar-refractivity contribution in [3.8, 4) is 17.1 Å². The molecule has 0 spiro atoms. The highest BCUT2D eigenvalue weighted by atomic mass is 79.9. The average molecular weight is 598 g/mol. The molecule has 1 aliphatic rings. The van der Waals surface area contributed by atoms with Crippen molar-refractivity contribution in [3.05, 3.63) is 75.1 Å². The number of nitrogens with one attached hydrogen (secondary N) is 1. The molecule has 10 heteroatoms. The molecule has 2 aromatic carbocycles. The van der Waals surface area contributed by atoms with Gasteiger partial charge in [-0.1, -0.05) is 58.0 Å². The molecule has 0 bridgehead atoms. The first-order valence-corrected chi connectivity index (χ1v) is 14.6. The van der Waals surface area contributed by atoms with Crippen LogP contribution in [-0.4, -0.2) is 39.5 Å². The lowest BCUT2D eigenvalue weighted by Crippen LogP contribution is -2.15. The number of benzene rings is 2. The van der Waals surface area contributed by atoms with E-state index in [4.69, 9.17) is 4.74 Å². The Hall–Kier alpha value is -2.95. The molecule has 0 radical (unpaired) electrons. The highest BCUT2D eigenvalue weighted by molar-refractivity contribution is 9.10. The van der Waals surface area contributed by atoms with E-state index in [-0.39, 0.29) is 18.3 Å². The maximum absolute atomic E-state index is 12.9. The van der Waals surface area contributed by atoms with Gasteiger partial charge in [0.15, 0.2) is 11.0 Å². The average Bonchev–Trinajstić information content (AvgIpc) is 3.50. The Morgan fingerprint density at radius 3 is 2.70 bits per heavy atom. The van der Waals surface area contributed by atoms with Crippen molar-refractivity contribution in [2.75, 3.05) is 18.2 Å². The Balaban J connectivity index is 1.32. The Kier molecular flexibility index (Phi) is 8.07. The number of methoxy groups -OCH3 is 1. The standard InChI is InChI=1S/C27H25BrN4O3S2/c1-35-26(34)23-20-12-5-6-13-21(20)37-25(23)29-22(33)14-15-36-27-31-30-24(17-8-7-9-18(28)16-17)32(27)19-10-3-2-4-11-19/h2-4,7-11,16H,5-6,12-15H2,1H3,(H,29,33). The fraction of sp³-hybridized carbons (Fsp3) is 0.259. The van der Waals surface area contributed by atoms with Gasteiger partial charge >= 0.3 is 5.97 Å². The minimum atomic E-state index is -0.389. The summed E-state index contributed by atoms with van der Waals surface area (Å²) in [7, 11) is 1.38. The molecule has 2 aromatic heterocycles. The minimum Gasteiger partial charge on any atom is -0.465 e. The quantitative estimate of drug-likeness (QED) is 0.183. The summed E-state index contributed by atoms with van der Waals surface area (Å²) < 4.78 is 7.98. The predicted molar refractivity (Wildman–Crippen MR) is 151 cm³/mol. The number of anilines is 1. The normalized spacial score (nSPS) is 12.7. The summed E-state index contributed by atoms with van der Waals surface area (Å²) in [6.07, 6.45) is 4.19. The van der Waals surface area contributed by atoms with Crippen LogP contribution in [-0.2, 0) is 22.4 Å². The summed E-state index contributed by atoms with van der Waals surface area (Å²) >= 11 is 6.50. The molecule has 0 saturated carbocycles. The van der Waals surface area contributed by atoms with E-state index >= 15 is 0 Å². The highest BCUT2D eigenvalue weighted by Crippen LogP contribution is 2.38. The van der Waals surface area contributed by atoms with Gasteiger partial charge < -0.3 is 10.1 Å². The summed E-state index contributed by atoms with van der Waals surface area (Å²) in [6.45, 7) is 0. The first-order valence-electron chi connectivity index (χ1n) is 12.0. The molecule has 37 heavy (non-hydrogen) atoms. The molecule has 2 heterocycles. The first kappa shape index (κ1) is 25.7. The lowest BCUT2D eigenvalue weighted by molar-refractivity contribution is -0.115. The largest absolute Gasteiger partial charge is 0.465 e. The Labute approximate surface area is 231 Å². The number of aromatic nitrogens is 3. The topological polar surface area (TPSA) is 86.1 Å². The van der Waals surface area contributed by atoms with E-state index in [1.54, 1.807) is 0 Å². The second kappa shape index (κ2) is 11.6. The summed E-state index contributed by atoms with van der Waals surface area (Å²) in [4.78, 5) is 26.5. The van der Waals surface area contributed by atoms with Crippen molar-refractivity contribution in [3.63, 3.8) is 0 Å². The smallest absolute Gasteiger partial charge is 0.341 e.